The maximum absolute atomic E-state index is 13.5. The molecular formula is C11H13FN2. The van der Waals surface area contributed by atoms with Crippen LogP contribution in [0.1, 0.15) is 6.92 Å². The highest BCUT2D eigenvalue weighted by Gasteiger charge is 2.19. The largest absolute Gasteiger partial charge is 0.293 e. The van der Waals surface area contributed by atoms with E-state index in [-0.39, 0.29) is 5.82 Å². The Hall–Kier alpha value is -1.51. The average molecular weight is 192 g/mol. The Morgan fingerprint density at radius 3 is 2.57 bits per heavy atom. The Bertz CT molecular complexity index is 373. The Balaban J connectivity index is 2.30. The van der Waals surface area contributed by atoms with Crippen molar-refractivity contribution in [1.82, 2.24) is 5.01 Å². The van der Waals surface area contributed by atoms with Gasteiger partial charge < -0.3 is 0 Å². The molecule has 0 N–H and O–H groups in total. The standard InChI is InChI=1S/C11H13FN2/c1-9-7-8-14(13(9)2)11-6-4-3-5-10(11)12/h3-7H,8H2,1-2H3. The van der Waals surface area contributed by atoms with Crippen LogP contribution in [0.5, 0.6) is 0 Å². The van der Waals surface area contributed by atoms with E-state index in [4.69, 9.17) is 0 Å². The predicted octanol–water partition coefficient (Wildman–Crippen LogP) is 2.40. The molecule has 1 aromatic rings. The predicted molar refractivity (Wildman–Crippen MR) is 55.3 cm³/mol. The van der Waals surface area contributed by atoms with Gasteiger partial charge in [-0.15, -0.1) is 0 Å². The molecule has 0 radical (unpaired) electrons. The highest BCUT2D eigenvalue weighted by Crippen LogP contribution is 2.25. The molecule has 74 valence electrons. The number of para-hydroxylation sites is 1. The lowest BCUT2D eigenvalue weighted by atomic mass is 10.3. The van der Waals surface area contributed by atoms with Gasteiger partial charge in [0.15, 0.2) is 0 Å². The van der Waals surface area contributed by atoms with Crippen LogP contribution < -0.4 is 5.01 Å². The van der Waals surface area contributed by atoms with Crippen molar-refractivity contribution >= 4 is 5.69 Å². The van der Waals surface area contributed by atoms with Crippen molar-refractivity contribution in [2.45, 2.75) is 6.92 Å². The lowest BCUT2D eigenvalue weighted by Gasteiger charge is -2.29. The van der Waals surface area contributed by atoms with Crippen molar-refractivity contribution in [1.29, 1.82) is 0 Å². The molecule has 0 aromatic heterocycles. The van der Waals surface area contributed by atoms with Gasteiger partial charge in [0.05, 0.1) is 12.2 Å². The fraction of sp³-hybridized carbons (Fsp3) is 0.273. The highest BCUT2D eigenvalue weighted by molar-refractivity contribution is 5.49. The van der Waals surface area contributed by atoms with E-state index in [2.05, 4.69) is 6.08 Å². The summed E-state index contributed by atoms with van der Waals surface area (Å²) in [4.78, 5) is 0. The maximum atomic E-state index is 13.5. The SMILES string of the molecule is CC1=CCN(c2ccccc2F)N1C. The Kier molecular flexibility index (Phi) is 2.15. The van der Waals surface area contributed by atoms with Crippen LogP contribution in [0.25, 0.3) is 0 Å². The second kappa shape index (κ2) is 3.33. The minimum atomic E-state index is -0.178. The molecule has 0 unspecified atom stereocenters. The maximum Gasteiger partial charge on any atom is 0.148 e. The Labute approximate surface area is 83.2 Å². The Morgan fingerprint density at radius 1 is 1.29 bits per heavy atom. The fourth-order valence-electron chi connectivity index (χ4n) is 1.58. The van der Waals surface area contributed by atoms with Crippen molar-refractivity contribution in [2.75, 3.05) is 18.6 Å². The summed E-state index contributed by atoms with van der Waals surface area (Å²) < 4.78 is 13.5. The van der Waals surface area contributed by atoms with Crippen molar-refractivity contribution < 1.29 is 4.39 Å². The van der Waals surface area contributed by atoms with E-state index in [0.717, 1.165) is 12.2 Å². The molecule has 0 bridgehead atoms. The molecule has 2 nitrogen and oxygen atoms in total. The molecule has 0 atom stereocenters. The summed E-state index contributed by atoms with van der Waals surface area (Å²) in [5.74, 6) is -0.178. The molecule has 1 aromatic carbocycles. The summed E-state index contributed by atoms with van der Waals surface area (Å²) >= 11 is 0. The monoisotopic (exact) mass is 192 g/mol. The number of halogens is 1. The topological polar surface area (TPSA) is 6.48 Å². The van der Waals surface area contributed by atoms with Crippen molar-refractivity contribution in [3.8, 4) is 0 Å². The van der Waals surface area contributed by atoms with Gasteiger partial charge in [-0.1, -0.05) is 12.1 Å². The number of benzene rings is 1. The van der Waals surface area contributed by atoms with Gasteiger partial charge in [0, 0.05) is 12.7 Å². The third kappa shape index (κ3) is 1.35. The van der Waals surface area contributed by atoms with Crippen LogP contribution in [0.2, 0.25) is 0 Å². The third-order valence-corrected chi connectivity index (χ3v) is 2.56. The van der Waals surface area contributed by atoms with E-state index in [1.54, 1.807) is 12.1 Å². The van der Waals surface area contributed by atoms with E-state index in [1.807, 2.05) is 30.1 Å². The van der Waals surface area contributed by atoms with Crippen LogP contribution in [0.3, 0.4) is 0 Å². The fourth-order valence-corrected chi connectivity index (χ4v) is 1.58. The van der Waals surface area contributed by atoms with Crippen molar-refractivity contribution in [3.05, 3.63) is 41.9 Å². The van der Waals surface area contributed by atoms with E-state index >= 15 is 0 Å². The minimum Gasteiger partial charge on any atom is -0.293 e. The molecule has 0 aliphatic carbocycles. The molecular weight excluding hydrogens is 179 g/mol. The lowest BCUT2D eigenvalue weighted by molar-refractivity contribution is 0.415. The molecule has 1 aliphatic heterocycles. The first-order valence-corrected chi connectivity index (χ1v) is 4.62. The third-order valence-electron chi connectivity index (χ3n) is 2.56. The molecule has 2 rings (SSSR count). The smallest absolute Gasteiger partial charge is 0.148 e. The summed E-state index contributed by atoms with van der Waals surface area (Å²) in [6.45, 7) is 2.75. The van der Waals surface area contributed by atoms with Gasteiger partial charge in [0.25, 0.3) is 0 Å². The molecule has 0 spiro atoms. The molecule has 3 heteroatoms. The van der Waals surface area contributed by atoms with E-state index < -0.39 is 0 Å². The summed E-state index contributed by atoms with van der Waals surface area (Å²) in [6.07, 6.45) is 2.08. The van der Waals surface area contributed by atoms with Gasteiger partial charge in [0.2, 0.25) is 0 Å². The molecule has 0 saturated carbocycles. The number of hydrogen-bond acceptors (Lipinski definition) is 2. The first-order chi connectivity index (χ1) is 6.70. The van der Waals surface area contributed by atoms with Crippen LogP contribution in [0.15, 0.2) is 36.0 Å². The summed E-state index contributed by atoms with van der Waals surface area (Å²) in [5.41, 5.74) is 1.77. The van der Waals surface area contributed by atoms with Gasteiger partial charge in [0.1, 0.15) is 5.82 Å². The van der Waals surface area contributed by atoms with Crippen LogP contribution in [-0.4, -0.2) is 18.6 Å². The number of rotatable bonds is 1. The van der Waals surface area contributed by atoms with Crippen LogP contribution in [0.4, 0.5) is 10.1 Å². The van der Waals surface area contributed by atoms with E-state index in [9.17, 15) is 4.39 Å². The van der Waals surface area contributed by atoms with Crippen molar-refractivity contribution in [2.24, 2.45) is 0 Å². The van der Waals surface area contributed by atoms with Crippen LogP contribution in [-0.2, 0) is 0 Å². The second-order valence-corrected chi connectivity index (χ2v) is 3.40. The number of allylic oxidation sites excluding steroid dienone is 1. The van der Waals surface area contributed by atoms with Gasteiger partial charge in [-0.25, -0.2) is 4.39 Å². The van der Waals surface area contributed by atoms with Gasteiger partial charge in [-0.2, -0.15) is 0 Å². The van der Waals surface area contributed by atoms with Gasteiger partial charge in [-0.05, 0) is 25.1 Å². The molecule has 0 saturated heterocycles. The highest BCUT2D eigenvalue weighted by atomic mass is 19.1. The zero-order chi connectivity index (χ0) is 10.1. The number of nitrogens with zero attached hydrogens (tertiary/aromatic N) is 2. The lowest BCUT2D eigenvalue weighted by Crippen LogP contribution is -2.34. The van der Waals surface area contributed by atoms with Gasteiger partial charge in [-0.3, -0.25) is 10.0 Å². The number of anilines is 1. The summed E-state index contributed by atoms with van der Waals surface area (Å²) in [6, 6.07) is 6.82. The first-order valence-electron chi connectivity index (χ1n) is 4.62. The molecule has 0 amide bonds. The van der Waals surface area contributed by atoms with Crippen LogP contribution in [0, 0.1) is 5.82 Å². The summed E-state index contributed by atoms with van der Waals surface area (Å²) in [5, 5.41) is 3.86. The van der Waals surface area contributed by atoms with Crippen molar-refractivity contribution in [3.63, 3.8) is 0 Å². The zero-order valence-corrected chi connectivity index (χ0v) is 8.37. The molecule has 14 heavy (non-hydrogen) atoms. The molecule has 0 fully saturated rings. The number of hydrogen-bond donors (Lipinski definition) is 0. The zero-order valence-electron chi connectivity index (χ0n) is 8.37. The second-order valence-electron chi connectivity index (χ2n) is 3.40. The van der Waals surface area contributed by atoms with Crippen LogP contribution >= 0.6 is 0 Å². The van der Waals surface area contributed by atoms with Gasteiger partial charge >= 0.3 is 0 Å². The average Bonchev–Trinajstić information content (AvgIpc) is 2.49. The normalized spacial score (nSPS) is 16.1. The van der Waals surface area contributed by atoms with E-state index in [1.165, 1.54) is 6.07 Å². The summed E-state index contributed by atoms with van der Waals surface area (Å²) in [7, 11) is 1.94. The first kappa shape index (κ1) is 9.06. The van der Waals surface area contributed by atoms with E-state index in [0.29, 0.717) is 5.69 Å². The number of hydrazine groups is 1. The molecule has 1 aliphatic rings. The Morgan fingerprint density at radius 2 is 2.00 bits per heavy atom. The molecule has 1 heterocycles. The quantitative estimate of drug-likeness (QED) is 0.674. The minimum absolute atomic E-state index is 0.178.